The zero-order chi connectivity index (χ0) is 10.0. The summed E-state index contributed by atoms with van der Waals surface area (Å²) in [6, 6.07) is 6.74. The monoisotopic (exact) mass is 305 g/mol. The molecule has 0 spiro atoms. The summed E-state index contributed by atoms with van der Waals surface area (Å²) in [4.78, 5) is 0. The van der Waals surface area contributed by atoms with Crippen LogP contribution < -0.4 is 4.16 Å². The van der Waals surface area contributed by atoms with Gasteiger partial charge in [-0.05, 0) is 0 Å². The molecule has 0 fully saturated rings. The van der Waals surface area contributed by atoms with Crippen molar-refractivity contribution in [1.82, 2.24) is 0 Å². The summed E-state index contributed by atoms with van der Waals surface area (Å²) < 4.78 is 1.60. The summed E-state index contributed by atoms with van der Waals surface area (Å²) in [7, 11) is 0. The van der Waals surface area contributed by atoms with E-state index in [4.69, 9.17) is 0 Å². The molecule has 0 saturated carbocycles. The molecule has 0 N–H and O–H groups in total. The predicted octanol–water partition coefficient (Wildman–Crippen LogP) is 3.68. The SMILES string of the molecule is Br.CC(C)c1cccc(C(C)C)[c]1[Zn]. The topological polar surface area (TPSA) is 0 Å². The molecule has 1 aromatic rings. The Kier molecular flexibility index (Phi) is 6.17. The van der Waals surface area contributed by atoms with E-state index in [1.165, 1.54) is 18.3 Å². The first-order chi connectivity index (χ1) is 6.04. The first-order valence-electron chi connectivity index (χ1n) is 4.98. The second kappa shape index (κ2) is 6.03. The van der Waals surface area contributed by atoms with Crippen LogP contribution in [0.15, 0.2) is 18.2 Å². The van der Waals surface area contributed by atoms with Gasteiger partial charge in [-0.25, -0.2) is 0 Å². The normalized spacial score (nSPS) is 10.6. The minimum atomic E-state index is 0. The Labute approximate surface area is 108 Å². The molecule has 0 heterocycles. The second-order valence-electron chi connectivity index (χ2n) is 4.22. The van der Waals surface area contributed by atoms with Crippen LogP contribution in [0.1, 0.15) is 50.7 Å². The Bertz CT molecular complexity index is 266. The number of halogens is 1. The van der Waals surface area contributed by atoms with Crippen molar-refractivity contribution in [3.63, 3.8) is 0 Å². The van der Waals surface area contributed by atoms with E-state index in [1.807, 2.05) is 0 Å². The average Bonchev–Trinajstić information content (AvgIpc) is 2.03. The van der Waals surface area contributed by atoms with Crippen LogP contribution in [0.5, 0.6) is 0 Å². The predicted molar refractivity (Wildman–Crippen MR) is 64.6 cm³/mol. The van der Waals surface area contributed by atoms with Gasteiger partial charge in [0.25, 0.3) is 0 Å². The molecule has 0 bridgehead atoms. The quantitative estimate of drug-likeness (QED) is 0.731. The van der Waals surface area contributed by atoms with Crippen molar-refractivity contribution in [2.24, 2.45) is 0 Å². The van der Waals surface area contributed by atoms with Crippen LogP contribution in [-0.2, 0) is 18.3 Å². The van der Waals surface area contributed by atoms with E-state index in [9.17, 15) is 0 Å². The van der Waals surface area contributed by atoms with Gasteiger partial charge in [0.1, 0.15) is 0 Å². The molecule has 1 aromatic carbocycles. The molecule has 75 valence electrons. The van der Waals surface area contributed by atoms with Crippen LogP contribution in [0.25, 0.3) is 0 Å². The van der Waals surface area contributed by atoms with Crippen molar-refractivity contribution in [3.05, 3.63) is 29.3 Å². The maximum absolute atomic E-state index is 2.28. The van der Waals surface area contributed by atoms with E-state index in [-0.39, 0.29) is 17.0 Å². The summed E-state index contributed by atoms with van der Waals surface area (Å²) in [5.41, 5.74) is 3.09. The molecule has 0 aliphatic carbocycles. The van der Waals surface area contributed by atoms with Gasteiger partial charge in [-0.3, -0.25) is 0 Å². The van der Waals surface area contributed by atoms with Crippen molar-refractivity contribution >= 4 is 21.1 Å². The minimum absolute atomic E-state index is 0. The van der Waals surface area contributed by atoms with E-state index in [2.05, 4.69) is 45.9 Å². The molecular formula is C12H18BrZn. The number of hydrogen-bond acceptors (Lipinski definition) is 0. The van der Waals surface area contributed by atoms with E-state index < -0.39 is 0 Å². The maximum atomic E-state index is 2.28. The Morgan fingerprint density at radius 3 is 1.57 bits per heavy atom. The number of rotatable bonds is 2. The molecule has 0 saturated heterocycles. The summed E-state index contributed by atoms with van der Waals surface area (Å²) in [6.45, 7) is 9.11. The first kappa shape index (κ1) is 14.3. The fourth-order valence-electron chi connectivity index (χ4n) is 1.71. The summed E-state index contributed by atoms with van der Waals surface area (Å²) >= 11 is 1.28. The van der Waals surface area contributed by atoms with Crippen LogP contribution >= 0.6 is 17.0 Å². The van der Waals surface area contributed by atoms with Crippen molar-refractivity contribution in [1.29, 1.82) is 0 Å². The van der Waals surface area contributed by atoms with E-state index in [0.717, 1.165) is 0 Å². The Morgan fingerprint density at radius 1 is 0.929 bits per heavy atom. The molecule has 14 heavy (non-hydrogen) atoms. The molecule has 0 aliphatic rings. The fourth-order valence-corrected chi connectivity index (χ4v) is 3.91. The summed E-state index contributed by atoms with van der Waals surface area (Å²) in [6.07, 6.45) is 0. The van der Waals surface area contributed by atoms with Crippen LogP contribution in [0, 0.1) is 0 Å². The molecular weight excluding hydrogens is 289 g/mol. The molecule has 0 atom stereocenters. The van der Waals surface area contributed by atoms with Crippen molar-refractivity contribution in [2.75, 3.05) is 0 Å². The van der Waals surface area contributed by atoms with Crippen LogP contribution in [0.3, 0.4) is 0 Å². The van der Waals surface area contributed by atoms with Gasteiger partial charge in [0.15, 0.2) is 0 Å². The Hall–Kier alpha value is 0.323. The fraction of sp³-hybridized carbons (Fsp3) is 0.500. The molecule has 1 rings (SSSR count). The van der Waals surface area contributed by atoms with Crippen LogP contribution in [0.2, 0.25) is 0 Å². The molecule has 0 radical (unpaired) electrons. The van der Waals surface area contributed by atoms with Gasteiger partial charge in [0.05, 0.1) is 0 Å². The second-order valence-corrected chi connectivity index (χ2v) is 5.71. The van der Waals surface area contributed by atoms with E-state index in [0.29, 0.717) is 11.8 Å². The number of benzene rings is 1. The zero-order valence-electron chi connectivity index (χ0n) is 9.50. The molecule has 0 unspecified atom stereocenters. The van der Waals surface area contributed by atoms with Crippen molar-refractivity contribution in [2.45, 2.75) is 39.5 Å². The van der Waals surface area contributed by atoms with E-state index >= 15 is 0 Å². The third-order valence-electron chi connectivity index (χ3n) is 2.49. The van der Waals surface area contributed by atoms with Gasteiger partial charge in [0.2, 0.25) is 0 Å². The van der Waals surface area contributed by atoms with Gasteiger partial charge in [-0.15, -0.1) is 17.0 Å². The van der Waals surface area contributed by atoms with E-state index in [1.54, 1.807) is 15.3 Å². The molecule has 0 aliphatic heterocycles. The van der Waals surface area contributed by atoms with Gasteiger partial charge in [-0.1, -0.05) is 0 Å². The average molecular weight is 308 g/mol. The third-order valence-corrected chi connectivity index (χ3v) is 4.21. The van der Waals surface area contributed by atoms with Crippen LogP contribution in [0.4, 0.5) is 0 Å². The Morgan fingerprint density at radius 2 is 1.29 bits per heavy atom. The molecule has 0 aromatic heterocycles. The van der Waals surface area contributed by atoms with Gasteiger partial charge in [0, 0.05) is 0 Å². The van der Waals surface area contributed by atoms with Crippen molar-refractivity contribution in [3.8, 4) is 0 Å². The van der Waals surface area contributed by atoms with Gasteiger partial charge >= 0.3 is 91.3 Å². The first-order valence-corrected chi connectivity index (χ1v) is 6.47. The molecule has 0 nitrogen and oxygen atoms in total. The molecule has 2 heteroatoms. The number of hydrogen-bond donors (Lipinski definition) is 0. The van der Waals surface area contributed by atoms with Crippen molar-refractivity contribution < 1.29 is 18.3 Å². The standard InChI is InChI=1S/C12H17.BrH.Zn/c1-9(2)11-6-5-7-12(8-11)10(3)4;;/h5-7,9-10H,1-4H3;1H;. The summed E-state index contributed by atoms with van der Waals surface area (Å²) in [5, 5.41) is 0. The molecule has 0 amide bonds. The third kappa shape index (κ3) is 3.17. The van der Waals surface area contributed by atoms with Gasteiger partial charge < -0.3 is 0 Å². The Balaban J connectivity index is 0.00000169. The van der Waals surface area contributed by atoms with Crippen LogP contribution in [-0.4, -0.2) is 0 Å². The van der Waals surface area contributed by atoms with Gasteiger partial charge in [-0.2, -0.15) is 0 Å². The zero-order valence-corrected chi connectivity index (χ0v) is 14.2. The summed E-state index contributed by atoms with van der Waals surface area (Å²) in [5.74, 6) is 1.34.